The second kappa shape index (κ2) is 6.30. The van der Waals surface area contributed by atoms with Crippen molar-refractivity contribution in [2.45, 2.75) is 12.8 Å². The third kappa shape index (κ3) is 3.08. The maximum absolute atomic E-state index is 5.47. The van der Waals surface area contributed by atoms with E-state index >= 15 is 0 Å². The zero-order valence-electron chi connectivity index (χ0n) is 9.04. The Hall–Kier alpha value is -1.32. The van der Waals surface area contributed by atoms with Gasteiger partial charge in [-0.2, -0.15) is 5.10 Å². The van der Waals surface area contributed by atoms with Gasteiger partial charge in [-0.3, -0.25) is 0 Å². The highest BCUT2D eigenvalue weighted by Gasteiger charge is 1.99. The maximum atomic E-state index is 5.47. The normalized spacial score (nSPS) is 9.81. The molecule has 0 bridgehead atoms. The molecule has 1 aromatic carbocycles. The van der Waals surface area contributed by atoms with Gasteiger partial charge in [-0.25, -0.2) is 4.68 Å². The van der Waals surface area contributed by atoms with Crippen LogP contribution in [-0.2, 0) is 6.42 Å². The van der Waals surface area contributed by atoms with E-state index in [0.29, 0.717) is 0 Å². The summed E-state index contributed by atoms with van der Waals surface area (Å²) in [6.45, 7) is 0.733. The first-order chi connectivity index (χ1) is 7.40. The Labute approximate surface area is 102 Å². The molecule has 86 valence electrons. The first-order valence-electron chi connectivity index (χ1n) is 5.19. The van der Waals surface area contributed by atoms with Gasteiger partial charge >= 0.3 is 0 Å². The number of rotatable bonds is 4. The van der Waals surface area contributed by atoms with Crippen molar-refractivity contribution < 1.29 is 0 Å². The van der Waals surface area contributed by atoms with Crippen molar-refractivity contribution in [2.75, 3.05) is 6.54 Å². The smallest absolute Gasteiger partial charge is 0.0645 e. The Balaban J connectivity index is 0.00000128. The minimum absolute atomic E-state index is 0. The monoisotopic (exact) mass is 237 g/mol. The number of nitrogens with zero attached hydrogens (tertiary/aromatic N) is 2. The first-order valence-corrected chi connectivity index (χ1v) is 5.19. The fraction of sp³-hybridized carbons (Fsp3) is 0.250. The van der Waals surface area contributed by atoms with Crippen LogP contribution in [0.4, 0.5) is 0 Å². The van der Waals surface area contributed by atoms with Gasteiger partial charge in [0.05, 0.1) is 11.9 Å². The Kier molecular flexibility index (Phi) is 5.02. The zero-order chi connectivity index (χ0) is 10.5. The molecule has 0 unspecified atom stereocenters. The van der Waals surface area contributed by atoms with E-state index in [1.165, 1.54) is 5.56 Å². The fourth-order valence-corrected chi connectivity index (χ4v) is 1.52. The van der Waals surface area contributed by atoms with E-state index in [4.69, 9.17) is 5.73 Å². The molecular formula is C12H16ClN3. The highest BCUT2D eigenvalue weighted by molar-refractivity contribution is 5.85. The molecule has 1 heterocycles. The third-order valence-electron chi connectivity index (χ3n) is 2.33. The summed E-state index contributed by atoms with van der Waals surface area (Å²) in [5, 5.41) is 4.32. The van der Waals surface area contributed by atoms with Crippen molar-refractivity contribution in [3.63, 3.8) is 0 Å². The van der Waals surface area contributed by atoms with Gasteiger partial charge in [0.1, 0.15) is 0 Å². The maximum Gasteiger partial charge on any atom is 0.0645 e. The lowest BCUT2D eigenvalue weighted by Gasteiger charge is -1.98. The molecule has 0 aliphatic heterocycles. The molecule has 2 aromatic rings. The van der Waals surface area contributed by atoms with E-state index in [1.54, 1.807) is 0 Å². The summed E-state index contributed by atoms with van der Waals surface area (Å²) in [6, 6.07) is 10.1. The number of nitrogens with two attached hydrogens (primary N) is 1. The molecule has 2 N–H and O–H groups in total. The summed E-state index contributed by atoms with van der Waals surface area (Å²) in [7, 11) is 0. The number of aromatic nitrogens is 2. The van der Waals surface area contributed by atoms with E-state index in [-0.39, 0.29) is 12.4 Å². The van der Waals surface area contributed by atoms with E-state index in [9.17, 15) is 0 Å². The van der Waals surface area contributed by atoms with Crippen LogP contribution >= 0.6 is 12.4 Å². The van der Waals surface area contributed by atoms with Crippen molar-refractivity contribution in [1.29, 1.82) is 0 Å². The summed E-state index contributed by atoms with van der Waals surface area (Å²) >= 11 is 0. The van der Waals surface area contributed by atoms with Crippen LogP contribution in [-0.4, -0.2) is 16.3 Å². The number of aryl methyl sites for hydroxylation is 1. The Bertz CT molecular complexity index is 411. The number of halogens is 1. The van der Waals surface area contributed by atoms with E-state index < -0.39 is 0 Å². The van der Waals surface area contributed by atoms with Crippen LogP contribution in [0.3, 0.4) is 0 Å². The molecule has 0 aliphatic rings. The lowest BCUT2D eigenvalue weighted by molar-refractivity contribution is 0.831. The summed E-state index contributed by atoms with van der Waals surface area (Å²) in [4.78, 5) is 0. The molecule has 0 saturated carbocycles. The van der Waals surface area contributed by atoms with Gasteiger partial charge in [-0.15, -0.1) is 12.4 Å². The lowest BCUT2D eigenvalue weighted by Crippen LogP contribution is -1.99. The number of para-hydroxylation sites is 1. The van der Waals surface area contributed by atoms with Gasteiger partial charge in [-0.1, -0.05) is 18.2 Å². The first kappa shape index (κ1) is 12.7. The topological polar surface area (TPSA) is 43.8 Å². The average molecular weight is 238 g/mol. The molecule has 0 saturated heterocycles. The van der Waals surface area contributed by atoms with Crippen molar-refractivity contribution in [3.8, 4) is 5.69 Å². The summed E-state index contributed by atoms with van der Waals surface area (Å²) in [5.41, 5.74) is 7.80. The second-order valence-corrected chi connectivity index (χ2v) is 3.52. The Morgan fingerprint density at radius 1 is 1.19 bits per heavy atom. The molecule has 0 spiro atoms. The fourth-order valence-electron chi connectivity index (χ4n) is 1.52. The minimum atomic E-state index is 0. The highest BCUT2D eigenvalue weighted by atomic mass is 35.5. The SMILES string of the molecule is Cl.NCCCc1cnn(-c2ccccc2)c1. The molecule has 0 aliphatic carbocycles. The van der Waals surface area contributed by atoms with Gasteiger partial charge < -0.3 is 5.73 Å². The second-order valence-electron chi connectivity index (χ2n) is 3.52. The predicted octanol–water partition coefficient (Wildman–Crippen LogP) is 2.19. The average Bonchev–Trinajstić information content (AvgIpc) is 2.76. The summed E-state index contributed by atoms with van der Waals surface area (Å²) < 4.78 is 1.89. The molecule has 1 aromatic heterocycles. The lowest BCUT2D eigenvalue weighted by atomic mass is 10.2. The van der Waals surface area contributed by atoms with Gasteiger partial charge in [0.15, 0.2) is 0 Å². The van der Waals surface area contributed by atoms with Crippen LogP contribution in [0, 0.1) is 0 Å². The van der Waals surface area contributed by atoms with E-state index in [1.807, 2.05) is 41.2 Å². The van der Waals surface area contributed by atoms with E-state index in [0.717, 1.165) is 25.1 Å². The van der Waals surface area contributed by atoms with Crippen molar-refractivity contribution in [3.05, 3.63) is 48.3 Å². The van der Waals surface area contributed by atoms with Crippen LogP contribution in [0.5, 0.6) is 0 Å². The molecule has 0 amide bonds. The summed E-state index contributed by atoms with van der Waals surface area (Å²) in [6.07, 6.45) is 5.98. The zero-order valence-corrected chi connectivity index (χ0v) is 9.86. The van der Waals surface area contributed by atoms with Crippen molar-refractivity contribution in [2.24, 2.45) is 5.73 Å². The minimum Gasteiger partial charge on any atom is -0.330 e. The molecule has 2 rings (SSSR count). The molecule has 0 atom stereocenters. The molecular weight excluding hydrogens is 222 g/mol. The van der Waals surface area contributed by atoms with Gasteiger partial charge in [0, 0.05) is 6.20 Å². The standard InChI is InChI=1S/C12H15N3.ClH/c13-8-4-5-11-9-14-15(10-11)12-6-2-1-3-7-12;/h1-3,6-7,9-10H,4-5,8,13H2;1H. The number of hydrogen-bond donors (Lipinski definition) is 1. The molecule has 3 nitrogen and oxygen atoms in total. The molecule has 0 radical (unpaired) electrons. The van der Waals surface area contributed by atoms with Crippen LogP contribution in [0.15, 0.2) is 42.7 Å². The molecule has 4 heteroatoms. The molecule has 0 fully saturated rings. The number of hydrogen-bond acceptors (Lipinski definition) is 2. The van der Waals surface area contributed by atoms with Gasteiger partial charge in [0.25, 0.3) is 0 Å². The van der Waals surface area contributed by atoms with Crippen LogP contribution < -0.4 is 5.73 Å². The van der Waals surface area contributed by atoms with Gasteiger partial charge in [-0.05, 0) is 37.1 Å². The van der Waals surface area contributed by atoms with Crippen molar-refractivity contribution in [1.82, 2.24) is 9.78 Å². The third-order valence-corrected chi connectivity index (χ3v) is 2.33. The number of benzene rings is 1. The van der Waals surface area contributed by atoms with Crippen molar-refractivity contribution >= 4 is 12.4 Å². The Morgan fingerprint density at radius 3 is 2.62 bits per heavy atom. The van der Waals surface area contributed by atoms with Crippen LogP contribution in [0.1, 0.15) is 12.0 Å². The molecule has 16 heavy (non-hydrogen) atoms. The predicted molar refractivity (Wildman–Crippen MR) is 68.2 cm³/mol. The van der Waals surface area contributed by atoms with E-state index in [2.05, 4.69) is 11.3 Å². The highest BCUT2D eigenvalue weighted by Crippen LogP contribution is 2.08. The quantitative estimate of drug-likeness (QED) is 0.886. The van der Waals surface area contributed by atoms with Crippen LogP contribution in [0.25, 0.3) is 5.69 Å². The Morgan fingerprint density at radius 2 is 1.94 bits per heavy atom. The van der Waals surface area contributed by atoms with Gasteiger partial charge in [0.2, 0.25) is 0 Å². The van der Waals surface area contributed by atoms with Crippen LogP contribution in [0.2, 0.25) is 0 Å². The largest absolute Gasteiger partial charge is 0.330 e. The summed E-state index contributed by atoms with van der Waals surface area (Å²) in [5.74, 6) is 0.